The molecule has 1 aliphatic heterocycles. The van der Waals surface area contributed by atoms with Crippen molar-refractivity contribution < 1.29 is 0 Å². The number of benzene rings is 1. The summed E-state index contributed by atoms with van der Waals surface area (Å²) in [6, 6.07) is 6.26. The molecule has 0 spiro atoms. The zero-order valence-corrected chi connectivity index (χ0v) is 12.3. The average Bonchev–Trinajstić information content (AvgIpc) is 2.37. The number of para-hydroxylation sites is 1. The van der Waals surface area contributed by atoms with Gasteiger partial charge in [-0.25, -0.2) is 0 Å². The molecule has 1 atom stereocenters. The number of hydrogen-bond donors (Lipinski definition) is 1. The van der Waals surface area contributed by atoms with E-state index in [4.69, 9.17) is 23.2 Å². The molecular formula is C14H20Cl2N2. The molecule has 1 fully saturated rings. The lowest BCUT2D eigenvalue weighted by Gasteiger charge is -2.35. The van der Waals surface area contributed by atoms with E-state index in [1.807, 2.05) is 18.2 Å². The summed E-state index contributed by atoms with van der Waals surface area (Å²) in [5.74, 6) is 0. The molecule has 0 amide bonds. The van der Waals surface area contributed by atoms with Gasteiger partial charge in [0.25, 0.3) is 0 Å². The molecular weight excluding hydrogens is 267 g/mol. The Labute approximate surface area is 119 Å². The van der Waals surface area contributed by atoms with Crippen molar-refractivity contribution in [2.24, 2.45) is 0 Å². The van der Waals surface area contributed by atoms with Crippen molar-refractivity contribution in [1.29, 1.82) is 0 Å². The van der Waals surface area contributed by atoms with Crippen LogP contribution in [0.3, 0.4) is 0 Å². The minimum Gasteiger partial charge on any atom is -0.368 e. The minimum absolute atomic E-state index is 0.547. The van der Waals surface area contributed by atoms with E-state index in [0.29, 0.717) is 6.04 Å². The van der Waals surface area contributed by atoms with Crippen LogP contribution in [0, 0.1) is 0 Å². The number of rotatable bonds is 4. The third-order valence-electron chi connectivity index (χ3n) is 3.36. The van der Waals surface area contributed by atoms with Gasteiger partial charge in [-0.15, -0.1) is 0 Å². The first kappa shape index (κ1) is 14.0. The smallest absolute Gasteiger partial charge is 0.0745 e. The molecule has 1 saturated heterocycles. The zero-order chi connectivity index (χ0) is 13.0. The summed E-state index contributed by atoms with van der Waals surface area (Å²) in [7, 11) is 0. The van der Waals surface area contributed by atoms with Gasteiger partial charge in [-0.1, -0.05) is 36.2 Å². The van der Waals surface area contributed by atoms with Crippen molar-refractivity contribution in [3.8, 4) is 0 Å². The molecule has 1 unspecified atom stereocenters. The Hall–Kier alpha value is -0.440. The van der Waals surface area contributed by atoms with Crippen molar-refractivity contribution in [3.63, 3.8) is 0 Å². The van der Waals surface area contributed by atoms with Crippen molar-refractivity contribution in [1.82, 2.24) is 5.32 Å². The quantitative estimate of drug-likeness (QED) is 0.901. The second kappa shape index (κ2) is 6.65. The fourth-order valence-corrected chi connectivity index (χ4v) is 3.12. The SMILES string of the molecule is CCCNC1CCCN(c2c(Cl)cccc2Cl)C1. The largest absolute Gasteiger partial charge is 0.368 e. The van der Waals surface area contributed by atoms with Crippen LogP contribution in [0.5, 0.6) is 0 Å². The van der Waals surface area contributed by atoms with Crippen molar-refractivity contribution in [3.05, 3.63) is 28.2 Å². The van der Waals surface area contributed by atoms with Crippen LogP contribution in [-0.2, 0) is 0 Å². The van der Waals surface area contributed by atoms with E-state index in [1.165, 1.54) is 19.3 Å². The van der Waals surface area contributed by atoms with Gasteiger partial charge < -0.3 is 10.2 Å². The average molecular weight is 287 g/mol. The Morgan fingerprint density at radius 1 is 1.33 bits per heavy atom. The summed E-state index contributed by atoms with van der Waals surface area (Å²) < 4.78 is 0. The maximum atomic E-state index is 6.27. The Morgan fingerprint density at radius 3 is 2.72 bits per heavy atom. The van der Waals surface area contributed by atoms with Crippen LogP contribution in [-0.4, -0.2) is 25.7 Å². The Morgan fingerprint density at radius 2 is 2.06 bits per heavy atom. The van der Waals surface area contributed by atoms with Gasteiger partial charge in [0, 0.05) is 19.1 Å². The first-order chi connectivity index (χ1) is 8.72. The molecule has 0 radical (unpaired) electrons. The summed E-state index contributed by atoms with van der Waals surface area (Å²) >= 11 is 12.5. The van der Waals surface area contributed by atoms with Gasteiger partial charge in [-0.3, -0.25) is 0 Å². The summed E-state index contributed by atoms with van der Waals surface area (Å²) in [5, 5.41) is 5.08. The Kier molecular flexibility index (Phi) is 5.16. The number of nitrogens with one attached hydrogen (secondary N) is 1. The third-order valence-corrected chi connectivity index (χ3v) is 3.97. The number of hydrogen-bond acceptors (Lipinski definition) is 2. The summed E-state index contributed by atoms with van der Waals surface area (Å²) in [6.07, 6.45) is 3.59. The monoisotopic (exact) mass is 286 g/mol. The first-order valence-electron chi connectivity index (χ1n) is 6.64. The predicted octanol–water partition coefficient (Wildman–Crippen LogP) is 3.96. The first-order valence-corrected chi connectivity index (χ1v) is 7.40. The summed E-state index contributed by atoms with van der Waals surface area (Å²) in [5.41, 5.74) is 0.990. The van der Waals surface area contributed by atoms with Crippen LogP contribution >= 0.6 is 23.2 Å². The number of halogens is 2. The van der Waals surface area contributed by atoms with E-state index in [2.05, 4.69) is 17.1 Å². The van der Waals surface area contributed by atoms with Crippen molar-refractivity contribution in [2.75, 3.05) is 24.5 Å². The van der Waals surface area contributed by atoms with E-state index >= 15 is 0 Å². The van der Waals surface area contributed by atoms with Gasteiger partial charge in [-0.05, 0) is 37.9 Å². The molecule has 1 aliphatic rings. The molecule has 1 aromatic rings. The topological polar surface area (TPSA) is 15.3 Å². The molecule has 2 nitrogen and oxygen atoms in total. The molecule has 100 valence electrons. The zero-order valence-electron chi connectivity index (χ0n) is 10.8. The standard InChI is InChI=1S/C14H20Cl2N2/c1-2-8-17-11-5-4-9-18(10-11)14-12(15)6-3-7-13(14)16/h3,6-7,11,17H,2,4-5,8-10H2,1H3. The highest BCUT2D eigenvalue weighted by Crippen LogP contribution is 2.34. The molecule has 0 bridgehead atoms. The van der Waals surface area contributed by atoms with Crippen molar-refractivity contribution in [2.45, 2.75) is 32.2 Å². The summed E-state index contributed by atoms with van der Waals surface area (Å²) in [4.78, 5) is 2.31. The highest BCUT2D eigenvalue weighted by atomic mass is 35.5. The highest BCUT2D eigenvalue weighted by Gasteiger charge is 2.22. The van der Waals surface area contributed by atoms with Crippen molar-refractivity contribution >= 4 is 28.9 Å². The van der Waals surface area contributed by atoms with Crippen LogP contribution in [0.25, 0.3) is 0 Å². The number of anilines is 1. The predicted molar refractivity (Wildman–Crippen MR) is 80.0 cm³/mol. The number of nitrogens with zero attached hydrogens (tertiary/aromatic N) is 1. The Balaban J connectivity index is 2.08. The maximum Gasteiger partial charge on any atom is 0.0745 e. The number of piperidine rings is 1. The fourth-order valence-electron chi connectivity index (χ4n) is 2.49. The molecule has 1 heterocycles. The lowest BCUT2D eigenvalue weighted by molar-refractivity contribution is 0.423. The van der Waals surface area contributed by atoms with E-state index < -0.39 is 0 Å². The van der Waals surface area contributed by atoms with Gasteiger partial charge in [0.15, 0.2) is 0 Å². The van der Waals surface area contributed by atoms with Crippen LogP contribution in [0.15, 0.2) is 18.2 Å². The van der Waals surface area contributed by atoms with Crippen LogP contribution in [0.2, 0.25) is 10.0 Å². The third kappa shape index (κ3) is 3.31. The van der Waals surface area contributed by atoms with Gasteiger partial charge in [0.2, 0.25) is 0 Å². The molecule has 0 aliphatic carbocycles. The molecule has 0 aromatic heterocycles. The second-order valence-electron chi connectivity index (χ2n) is 4.81. The lowest BCUT2D eigenvalue weighted by atomic mass is 10.0. The molecule has 4 heteroatoms. The van der Waals surface area contributed by atoms with Gasteiger partial charge >= 0.3 is 0 Å². The molecule has 0 saturated carbocycles. The molecule has 1 N–H and O–H groups in total. The lowest BCUT2D eigenvalue weighted by Crippen LogP contribution is -2.46. The fraction of sp³-hybridized carbons (Fsp3) is 0.571. The second-order valence-corrected chi connectivity index (χ2v) is 5.62. The van der Waals surface area contributed by atoms with E-state index in [9.17, 15) is 0 Å². The Bertz CT molecular complexity index is 375. The van der Waals surface area contributed by atoms with Gasteiger partial charge in [-0.2, -0.15) is 0 Å². The minimum atomic E-state index is 0.547. The summed E-state index contributed by atoms with van der Waals surface area (Å²) in [6.45, 7) is 5.30. The van der Waals surface area contributed by atoms with Gasteiger partial charge in [0.05, 0.1) is 15.7 Å². The molecule has 18 heavy (non-hydrogen) atoms. The van der Waals surface area contributed by atoms with Crippen LogP contribution < -0.4 is 10.2 Å². The van der Waals surface area contributed by atoms with Crippen LogP contribution in [0.1, 0.15) is 26.2 Å². The van der Waals surface area contributed by atoms with E-state index in [1.54, 1.807) is 0 Å². The van der Waals surface area contributed by atoms with Crippen LogP contribution in [0.4, 0.5) is 5.69 Å². The molecule has 2 rings (SSSR count). The normalized spacial score (nSPS) is 20.2. The maximum absolute atomic E-state index is 6.27. The van der Waals surface area contributed by atoms with E-state index in [0.717, 1.165) is 35.4 Å². The van der Waals surface area contributed by atoms with Gasteiger partial charge in [0.1, 0.15) is 0 Å². The molecule has 1 aromatic carbocycles. The van der Waals surface area contributed by atoms with E-state index in [-0.39, 0.29) is 0 Å². The highest BCUT2D eigenvalue weighted by molar-refractivity contribution is 6.39.